The maximum absolute atomic E-state index is 13.8. The zero-order chi connectivity index (χ0) is 21.9. The Balaban J connectivity index is 1.49. The Kier molecular flexibility index (Phi) is 4.19. The summed E-state index contributed by atoms with van der Waals surface area (Å²) in [5, 5.41) is 10.3. The fraction of sp³-hybridized carbons (Fsp3) is 0.292. The molecular formula is C24H21FN4O3. The third-order valence-electron chi connectivity index (χ3n) is 6.93. The highest BCUT2D eigenvalue weighted by Gasteiger charge is 2.59. The number of H-pyrrole nitrogens is 1. The molecule has 6 rings (SSSR count). The zero-order valence-electron chi connectivity index (χ0n) is 17.2. The monoisotopic (exact) mass is 432 g/mol. The molecule has 1 saturated heterocycles. The Morgan fingerprint density at radius 2 is 2.00 bits per heavy atom. The molecule has 3 aliphatic rings. The first-order chi connectivity index (χ1) is 15.6. The van der Waals surface area contributed by atoms with Crippen LogP contribution in [-0.4, -0.2) is 40.1 Å². The molecule has 2 atom stereocenters. The maximum Gasteiger partial charge on any atom is 0.275 e. The number of hydrogen-bond acceptors (Lipinski definition) is 4. The molecule has 0 aliphatic carbocycles. The SMILES string of the molecule is O=C(c1n[nH]c2c1COCC2)N1CC[C@]2(C(=O)Nc3ccccc32)[C@@H]1c1ccc(F)cc1. The molecule has 1 fully saturated rings. The number of benzene rings is 2. The lowest BCUT2D eigenvalue weighted by atomic mass is 9.72. The van der Waals surface area contributed by atoms with Crippen molar-refractivity contribution < 1.29 is 18.7 Å². The molecule has 2 amide bonds. The van der Waals surface area contributed by atoms with Gasteiger partial charge in [-0.25, -0.2) is 4.39 Å². The molecule has 7 nitrogen and oxygen atoms in total. The number of para-hydroxylation sites is 1. The fourth-order valence-corrected chi connectivity index (χ4v) is 5.44. The van der Waals surface area contributed by atoms with Gasteiger partial charge in [-0.15, -0.1) is 0 Å². The van der Waals surface area contributed by atoms with Crippen LogP contribution >= 0.6 is 0 Å². The molecule has 4 heterocycles. The van der Waals surface area contributed by atoms with Crippen molar-refractivity contribution in [1.29, 1.82) is 0 Å². The lowest BCUT2D eigenvalue weighted by molar-refractivity contribution is -0.121. The number of nitrogens with zero attached hydrogens (tertiary/aromatic N) is 2. The van der Waals surface area contributed by atoms with Gasteiger partial charge in [-0.3, -0.25) is 14.7 Å². The minimum atomic E-state index is -0.947. The Bertz CT molecular complexity index is 1240. The van der Waals surface area contributed by atoms with Gasteiger partial charge in [-0.1, -0.05) is 30.3 Å². The van der Waals surface area contributed by atoms with Gasteiger partial charge in [0.2, 0.25) is 5.91 Å². The number of fused-ring (bicyclic) bond motifs is 3. The molecule has 1 aromatic heterocycles. The van der Waals surface area contributed by atoms with E-state index in [2.05, 4.69) is 15.5 Å². The van der Waals surface area contributed by atoms with Gasteiger partial charge in [0.15, 0.2) is 5.69 Å². The average molecular weight is 432 g/mol. The number of carbonyl (C=O) groups is 2. The number of likely N-dealkylation sites (tertiary alicyclic amines) is 1. The van der Waals surface area contributed by atoms with Crippen molar-refractivity contribution in [1.82, 2.24) is 15.1 Å². The van der Waals surface area contributed by atoms with Crippen LogP contribution in [0.3, 0.4) is 0 Å². The first-order valence-corrected chi connectivity index (χ1v) is 10.7. The third-order valence-corrected chi connectivity index (χ3v) is 6.93. The van der Waals surface area contributed by atoms with E-state index in [0.29, 0.717) is 43.9 Å². The van der Waals surface area contributed by atoms with Crippen LogP contribution in [-0.2, 0) is 28.0 Å². The predicted octanol–water partition coefficient (Wildman–Crippen LogP) is 3.10. The molecule has 162 valence electrons. The Morgan fingerprint density at radius 3 is 2.84 bits per heavy atom. The third kappa shape index (κ3) is 2.59. The molecule has 3 aromatic rings. The molecule has 0 radical (unpaired) electrons. The minimum Gasteiger partial charge on any atom is -0.376 e. The fourth-order valence-electron chi connectivity index (χ4n) is 5.44. The van der Waals surface area contributed by atoms with Crippen LogP contribution in [0.2, 0.25) is 0 Å². The first-order valence-electron chi connectivity index (χ1n) is 10.7. The summed E-state index contributed by atoms with van der Waals surface area (Å²) in [7, 11) is 0. The minimum absolute atomic E-state index is 0.143. The number of aromatic nitrogens is 2. The van der Waals surface area contributed by atoms with Crippen LogP contribution in [0.5, 0.6) is 0 Å². The van der Waals surface area contributed by atoms with E-state index in [9.17, 15) is 14.0 Å². The number of hydrogen-bond donors (Lipinski definition) is 2. The summed E-state index contributed by atoms with van der Waals surface area (Å²) in [5.74, 6) is -0.763. The van der Waals surface area contributed by atoms with Crippen molar-refractivity contribution in [2.75, 3.05) is 18.5 Å². The summed E-state index contributed by atoms with van der Waals surface area (Å²) in [5.41, 5.74) is 3.40. The van der Waals surface area contributed by atoms with E-state index in [1.807, 2.05) is 24.3 Å². The molecule has 2 N–H and O–H groups in total. The second kappa shape index (κ2) is 7.00. The van der Waals surface area contributed by atoms with Crippen LogP contribution in [0.4, 0.5) is 10.1 Å². The molecule has 0 bridgehead atoms. The number of anilines is 1. The quantitative estimate of drug-likeness (QED) is 0.652. The van der Waals surface area contributed by atoms with Crippen molar-refractivity contribution in [3.8, 4) is 0 Å². The molecular weight excluding hydrogens is 411 g/mol. The summed E-state index contributed by atoms with van der Waals surface area (Å²) in [6.45, 7) is 1.30. The highest BCUT2D eigenvalue weighted by atomic mass is 19.1. The number of halogens is 1. The van der Waals surface area contributed by atoms with Crippen LogP contribution in [0.25, 0.3) is 0 Å². The summed E-state index contributed by atoms with van der Waals surface area (Å²) in [4.78, 5) is 28.9. The van der Waals surface area contributed by atoms with E-state index in [1.165, 1.54) is 12.1 Å². The van der Waals surface area contributed by atoms with Crippen LogP contribution < -0.4 is 5.32 Å². The van der Waals surface area contributed by atoms with Gasteiger partial charge in [-0.2, -0.15) is 5.10 Å². The highest BCUT2D eigenvalue weighted by molar-refractivity contribution is 6.08. The second-order valence-corrected chi connectivity index (χ2v) is 8.51. The van der Waals surface area contributed by atoms with Crippen LogP contribution in [0, 0.1) is 5.82 Å². The van der Waals surface area contributed by atoms with Gasteiger partial charge >= 0.3 is 0 Å². The van der Waals surface area contributed by atoms with Crippen molar-refractivity contribution >= 4 is 17.5 Å². The van der Waals surface area contributed by atoms with Crippen LogP contribution in [0.1, 0.15) is 45.3 Å². The average Bonchev–Trinajstić information content (AvgIpc) is 3.49. The van der Waals surface area contributed by atoms with Crippen molar-refractivity contribution in [2.24, 2.45) is 0 Å². The van der Waals surface area contributed by atoms with E-state index in [0.717, 1.165) is 22.5 Å². The number of carbonyl (C=O) groups excluding carboxylic acids is 2. The summed E-state index contributed by atoms with van der Waals surface area (Å²) < 4.78 is 19.3. The molecule has 32 heavy (non-hydrogen) atoms. The smallest absolute Gasteiger partial charge is 0.275 e. The van der Waals surface area contributed by atoms with Crippen molar-refractivity contribution in [3.63, 3.8) is 0 Å². The van der Waals surface area contributed by atoms with E-state index >= 15 is 0 Å². The lowest BCUT2D eigenvalue weighted by Crippen LogP contribution is -2.43. The summed E-state index contributed by atoms with van der Waals surface area (Å²) >= 11 is 0. The van der Waals surface area contributed by atoms with E-state index in [-0.39, 0.29) is 17.6 Å². The van der Waals surface area contributed by atoms with Crippen LogP contribution in [0.15, 0.2) is 48.5 Å². The standard InChI is InChI=1S/C24H21FN4O3/c25-15-7-5-14(6-8-15)21-24(17-3-1-2-4-19(17)26-23(24)31)10-11-29(21)22(30)20-16-13-32-12-9-18(16)27-28-20/h1-8,21H,9-13H2,(H,26,31)(H,27,28)/t21-,24+/m0/s1. The first kappa shape index (κ1) is 19.2. The predicted molar refractivity (Wildman–Crippen MR) is 113 cm³/mol. The molecule has 2 aromatic carbocycles. The van der Waals surface area contributed by atoms with Gasteiger partial charge < -0.3 is 15.0 Å². The van der Waals surface area contributed by atoms with Gasteiger partial charge in [0.25, 0.3) is 5.91 Å². The number of amides is 2. The zero-order valence-corrected chi connectivity index (χ0v) is 17.2. The van der Waals surface area contributed by atoms with E-state index in [1.54, 1.807) is 17.0 Å². The summed E-state index contributed by atoms with van der Waals surface area (Å²) in [6.07, 6.45) is 1.14. The maximum atomic E-state index is 13.8. The van der Waals surface area contributed by atoms with Gasteiger partial charge in [0, 0.05) is 29.9 Å². The Morgan fingerprint density at radius 1 is 1.19 bits per heavy atom. The molecule has 0 saturated carbocycles. The normalized spacial score (nSPS) is 23.8. The molecule has 0 unspecified atom stereocenters. The number of nitrogens with one attached hydrogen (secondary N) is 2. The number of ether oxygens (including phenoxy) is 1. The molecule has 1 spiro atoms. The molecule has 3 aliphatic heterocycles. The lowest BCUT2D eigenvalue weighted by Gasteiger charge is -2.34. The number of rotatable bonds is 2. The Hall–Kier alpha value is -3.52. The number of aromatic amines is 1. The van der Waals surface area contributed by atoms with E-state index < -0.39 is 11.5 Å². The van der Waals surface area contributed by atoms with E-state index in [4.69, 9.17) is 4.74 Å². The van der Waals surface area contributed by atoms with Gasteiger partial charge in [-0.05, 0) is 35.7 Å². The van der Waals surface area contributed by atoms with Gasteiger partial charge in [0.05, 0.1) is 19.3 Å². The topological polar surface area (TPSA) is 87.3 Å². The second-order valence-electron chi connectivity index (χ2n) is 8.51. The Labute approximate surface area is 183 Å². The largest absolute Gasteiger partial charge is 0.376 e. The van der Waals surface area contributed by atoms with Crippen molar-refractivity contribution in [3.05, 3.63) is 82.4 Å². The molecule has 8 heteroatoms. The van der Waals surface area contributed by atoms with Gasteiger partial charge in [0.1, 0.15) is 11.2 Å². The highest BCUT2D eigenvalue weighted by Crippen LogP contribution is 2.55. The summed E-state index contributed by atoms with van der Waals surface area (Å²) in [6, 6.07) is 13.0. The van der Waals surface area contributed by atoms with Crippen molar-refractivity contribution in [2.45, 2.75) is 30.9 Å².